The van der Waals surface area contributed by atoms with E-state index >= 15 is 0 Å². The molecule has 0 spiro atoms. The van der Waals surface area contributed by atoms with Crippen molar-refractivity contribution in [2.24, 2.45) is 22.7 Å². The summed E-state index contributed by atoms with van der Waals surface area (Å²) >= 11 is 0. The minimum atomic E-state index is -0.182. The molecule has 0 aromatic carbocycles. The van der Waals surface area contributed by atoms with Gasteiger partial charge in [0.1, 0.15) is 0 Å². The summed E-state index contributed by atoms with van der Waals surface area (Å²) in [5.74, 6) is 2.10. The highest BCUT2D eigenvalue weighted by molar-refractivity contribution is 5.78. The molecule has 0 N–H and O–H groups in total. The topological polar surface area (TPSA) is 26.3 Å². The number of carbonyl (C=O) groups excluding carboxylic acids is 1. The molecule has 2 nitrogen and oxygen atoms in total. The minimum Gasteiger partial charge on any atom is -0.465 e. The summed E-state index contributed by atoms with van der Waals surface area (Å²) in [5, 5.41) is 0. The quantitative estimate of drug-likeness (QED) is 0.220. The highest BCUT2D eigenvalue weighted by Gasteiger charge is 2.57. The van der Waals surface area contributed by atoms with Crippen LogP contribution in [0.5, 0.6) is 0 Å². The molecular formula is C30H54O2. The van der Waals surface area contributed by atoms with Gasteiger partial charge in [-0.1, -0.05) is 104 Å². The van der Waals surface area contributed by atoms with Crippen LogP contribution < -0.4 is 0 Å². The lowest BCUT2D eigenvalue weighted by molar-refractivity contribution is -0.175. The molecule has 32 heavy (non-hydrogen) atoms. The molecule has 0 unspecified atom stereocenters. The second-order valence-electron chi connectivity index (χ2n) is 11.8. The highest BCUT2D eigenvalue weighted by Crippen LogP contribution is 2.60. The van der Waals surface area contributed by atoms with Crippen molar-refractivity contribution >= 4 is 5.97 Å². The van der Waals surface area contributed by atoms with Crippen molar-refractivity contribution in [3.63, 3.8) is 0 Å². The lowest BCUT2D eigenvalue weighted by Gasteiger charge is -2.54. The van der Waals surface area contributed by atoms with Crippen LogP contribution in [0.15, 0.2) is 0 Å². The normalized spacial score (nSPS) is 29.0. The Morgan fingerprint density at radius 1 is 0.688 bits per heavy atom. The van der Waals surface area contributed by atoms with Crippen LogP contribution in [-0.2, 0) is 9.53 Å². The van der Waals surface area contributed by atoms with Crippen molar-refractivity contribution in [3.05, 3.63) is 0 Å². The molecule has 0 amide bonds. The Bertz CT molecular complexity index is 519. The fourth-order valence-corrected chi connectivity index (χ4v) is 7.91. The van der Waals surface area contributed by atoms with Crippen LogP contribution in [-0.4, -0.2) is 12.6 Å². The van der Waals surface area contributed by atoms with Gasteiger partial charge >= 0.3 is 5.97 Å². The second kappa shape index (κ2) is 13.4. The first kappa shape index (κ1) is 26.1. The van der Waals surface area contributed by atoms with Crippen molar-refractivity contribution in [3.8, 4) is 0 Å². The van der Waals surface area contributed by atoms with Gasteiger partial charge in [-0.05, 0) is 68.6 Å². The van der Waals surface area contributed by atoms with Gasteiger partial charge < -0.3 is 4.74 Å². The van der Waals surface area contributed by atoms with Gasteiger partial charge in [-0.3, -0.25) is 4.79 Å². The van der Waals surface area contributed by atoms with E-state index in [2.05, 4.69) is 13.8 Å². The zero-order valence-corrected chi connectivity index (χ0v) is 21.7. The van der Waals surface area contributed by atoms with E-state index in [1.165, 1.54) is 116 Å². The smallest absolute Gasteiger partial charge is 0.312 e. The van der Waals surface area contributed by atoms with Crippen LogP contribution in [0.3, 0.4) is 0 Å². The van der Waals surface area contributed by atoms with Gasteiger partial charge in [0.2, 0.25) is 0 Å². The largest absolute Gasteiger partial charge is 0.465 e. The van der Waals surface area contributed by atoms with Crippen molar-refractivity contribution in [2.45, 2.75) is 155 Å². The zero-order chi connectivity index (χ0) is 22.7. The maximum absolute atomic E-state index is 13.7. The van der Waals surface area contributed by atoms with Gasteiger partial charge in [0.05, 0.1) is 12.0 Å². The number of unbranched alkanes of at least 4 members (excludes halogenated alkanes) is 6. The van der Waals surface area contributed by atoms with Crippen molar-refractivity contribution in [1.29, 1.82) is 0 Å². The Labute approximate surface area is 200 Å². The fraction of sp³-hybridized carbons (Fsp3) is 0.967. The number of esters is 1. The van der Waals surface area contributed by atoms with E-state index in [1.807, 2.05) is 0 Å². The average molecular weight is 447 g/mol. The highest BCUT2D eigenvalue weighted by atomic mass is 16.5. The molecule has 0 heterocycles. The molecular weight excluding hydrogens is 392 g/mol. The molecule has 0 aliphatic heterocycles. The van der Waals surface area contributed by atoms with Gasteiger partial charge in [0.15, 0.2) is 0 Å². The van der Waals surface area contributed by atoms with E-state index in [1.54, 1.807) is 0 Å². The van der Waals surface area contributed by atoms with Gasteiger partial charge in [0, 0.05) is 0 Å². The van der Waals surface area contributed by atoms with E-state index in [9.17, 15) is 4.79 Å². The lowest BCUT2D eigenvalue weighted by atomic mass is 9.49. The number of carbonyl (C=O) groups is 1. The first-order chi connectivity index (χ1) is 15.7. The van der Waals surface area contributed by atoms with E-state index in [0.29, 0.717) is 6.61 Å². The number of hydrogen-bond acceptors (Lipinski definition) is 2. The standard InChI is InChI=1S/C30H54O2/c1-3-5-6-7-8-9-16-25-32-28(31)30(21-14-11-15-22-30)29(4-2)23-19-27(20-24-29)26-17-12-10-13-18-26/h26-27H,3-25H2,1-2H3. The van der Waals surface area contributed by atoms with Crippen molar-refractivity contribution in [1.82, 2.24) is 0 Å². The molecule has 0 radical (unpaired) electrons. The van der Waals surface area contributed by atoms with Crippen LogP contribution in [0.1, 0.15) is 155 Å². The number of hydrogen-bond donors (Lipinski definition) is 0. The third-order valence-electron chi connectivity index (χ3n) is 10.1. The lowest BCUT2D eigenvalue weighted by Crippen LogP contribution is -2.51. The van der Waals surface area contributed by atoms with Crippen molar-refractivity contribution in [2.75, 3.05) is 6.61 Å². The summed E-state index contributed by atoms with van der Waals surface area (Å²) in [7, 11) is 0. The molecule has 0 aromatic heterocycles. The summed E-state index contributed by atoms with van der Waals surface area (Å²) in [5.41, 5.74) is 0.0223. The van der Waals surface area contributed by atoms with E-state index in [0.717, 1.165) is 37.5 Å². The Morgan fingerprint density at radius 2 is 1.25 bits per heavy atom. The minimum absolute atomic E-state index is 0.182. The molecule has 3 fully saturated rings. The average Bonchev–Trinajstić information content (AvgIpc) is 2.86. The number of ether oxygens (including phenoxy) is 1. The number of rotatable bonds is 12. The SMILES string of the molecule is CCCCCCCCCOC(=O)C1(C2(CC)CCC(C3CCCCC3)CC2)CCCCC1. The van der Waals surface area contributed by atoms with E-state index < -0.39 is 0 Å². The van der Waals surface area contributed by atoms with Crippen LogP contribution in [0.2, 0.25) is 0 Å². The molecule has 0 atom stereocenters. The first-order valence-corrected chi connectivity index (χ1v) is 14.8. The molecule has 186 valence electrons. The molecule has 3 saturated carbocycles. The predicted octanol–water partition coefficient (Wildman–Crippen LogP) is 9.40. The summed E-state index contributed by atoms with van der Waals surface area (Å²) < 4.78 is 6.10. The first-order valence-electron chi connectivity index (χ1n) is 14.8. The van der Waals surface area contributed by atoms with Crippen LogP contribution >= 0.6 is 0 Å². The Kier molecular flexibility index (Phi) is 10.9. The molecule has 0 aromatic rings. The summed E-state index contributed by atoms with van der Waals surface area (Å²) in [6.07, 6.45) is 28.6. The molecule has 0 bridgehead atoms. The molecule has 2 heteroatoms. The zero-order valence-electron chi connectivity index (χ0n) is 21.7. The third kappa shape index (κ3) is 6.32. The molecule has 3 rings (SSSR count). The maximum Gasteiger partial charge on any atom is 0.312 e. The third-order valence-corrected chi connectivity index (χ3v) is 10.1. The Balaban J connectivity index is 1.55. The fourth-order valence-electron chi connectivity index (χ4n) is 7.91. The van der Waals surface area contributed by atoms with Gasteiger partial charge in [-0.2, -0.15) is 0 Å². The summed E-state index contributed by atoms with van der Waals surface area (Å²) in [6.45, 7) is 5.30. The predicted molar refractivity (Wildman–Crippen MR) is 136 cm³/mol. The van der Waals surface area contributed by atoms with Gasteiger partial charge in [-0.25, -0.2) is 0 Å². The van der Waals surface area contributed by atoms with E-state index in [-0.39, 0.29) is 16.8 Å². The summed E-state index contributed by atoms with van der Waals surface area (Å²) in [4.78, 5) is 13.7. The van der Waals surface area contributed by atoms with E-state index in [4.69, 9.17) is 4.74 Å². The van der Waals surface area contributed by atoms with Crippen LogP contribution in [0, 0.1) is 22.7 Å². The Hall–Kier alpha value is -0.530. The molecule has 3 aliphatic rings. The van der Waals surface area contributed by atoms with Gasteiger partial charge in [0.25, 0.3) is 0 Å². The van der Waals surface area contributed by atoms with Gasteiger partial charge in [-0.15, -0.1) is 0 Å². The molecule has 0 saturated heterocycles. The monoisotopic (exact) mass is 446 g/mol. The Morgan fingerprint density at radius 3 is 1.88 bits per heavy atom. The molecule has 3 aliphatic carbocycles. The summed E-state index contributed by atoms with van der Waals surface area (Å²) in [6, 6.07) is 0. The van der Waals surface area contributed by atoms with Crippen LogP contribution in [0.25, 0.3) is 0 Å². The van der Waals surface area contributed by atoms with Crippen LogP contribution in [0.4, 0.5) is 0 Å². The maximum atomic E-state index is 13.7. The van der Waals surface area contributed by atoms with Crippen molar-refractivity contribution < 1.29 is 9.53 Å². The second-order valence-corrected chi connectivity index (χ2v) is 11.8.